The van der Waals surface area contributed by atoms with Crippen molar-refractivity contribution < 1.29 is 0 Å². The Morgan fingerprint density at radius 3 is 3.00 bits per heavy atom. The summed E-state index contributed by atoms with van der Waals surface area (Å²) in [5.74, 6) is 0. The van der Waals surface area contributed by atoms with Crippen molar-refractivity contribution in [2.75, 3.05) is 19.6 Å². The van der Waals surface area contributed by atoms with Crippen molar-refractivity contribution in [3.8, 4) is 0 Å². The van der Waals surface area contributed by atoms with E-state index in [1.807, 2.05) is 0 Å². The molecule has 2 nitrogen and oxygen atoms in total. The molecule has 0 aromatic carbocycles. The second-order valence-corrected chi connectivity index (χ2v) is 4.27. The number of halogens is 1. The normalized spacial score (nSPS) is 22.7. The van der Waals surface area contributed by atoms with Gasteiger partial charge >= 0.3 is 0 Å². The zero-order valence-corrected chi connectivity index (χ0v) is 9.02. The van der Waals surface area contributed by atoms with Crippen LogP contribution in [0.5, 0.6) is 0 Å². The van der Waals surface area contributed by atoms with Crippen LogP contribution in [0.25, 0.3) is 0 Å². The van der Waals surface area contributed by atoms with E-state index < -0.39 is 0 Å². The van der Waals surface area contributed by atoms with E-state index in [0.717, 1.165) is 26.1 Å². The Hall–Kier alpha value is -0.540. The number of hydrogen-bond donors (Lipinski definition) is 2. The Morgan fingerprint density at radius 1 is 1.38 bits per heavy atom. The Morgan fingerprint density at radius 2 is 2.31 bits per heavy atom. The summed E-state index contributed by atoms with van der Waals surface area (Å²) in [6, 6.07) is 0. The lowest BCUT2D eigenvalue weighted by Crippen LogP contribution is -2.22. The molecule has 2 rings (SSSR count). The van der Waals surface area contributed by atoms with Crippen LogP contribution in [0.15, 0.2) is 34.0 Å². The van der Waals surface area contributed by atoms with Crippen molar-refractivity contribution in [3.05, 3.63) is 34.0 Å². The highest BCUT2D eigenvalue weighted by Crippen LogP contribution is 2.21. The molecule has 0 atom stereocenters. The molecule has 0 aromatic heterocycles. The van der Waals surface area contributed by atoms with Crippen molar-refractivity contribution in [1.29, 1.82) is 0 Å². The van der Waals surface area contributed by atoms with E-state index in [2.05, 4.69) is 44.9 Å². The first-order valence-corrected chi connectivity index (χ1v) is 5.35. The summed E-state index contributed by atoms with van der Waals surface area (Å²) >= 11 is 3.51. The summed E-state index contributed by atoms with van der Waals surface area (Å²) in [6.07, 6.45) is 7.69. The van der Waals surface area contributed by atoms with Gasteiger partial charge in [-0.3, -0.25) is 0 Å². The van der Waals surface area contributed by atoms with Crippen LogP contribution in [0.1, 0.15) is 6.42 Å². The molecule has 2 heterocycles. The van der Waals surface area contributed by atoms with Gasteiger partial charge in [-0.2, -0.15) is 0 Å². The van der Waals surface area contributed by atoms with E-state index in [4.69, 9.17) is 0 Å². The minimum atomic E-state index is 0.912. The molecule has 2 aliphatic rings. The Kier molecular flexibility index (Phi) is 2.86. The van der Waals surface area contributed by atoms with Crippen LogP contribution in [0.4, 0.5) is 0 Å². The van der Waals surface area contributed by atoms with E-state index in [9.17, 15) is 0 Å². The molecule has 0 unspecified atom stereocenters. The fourth-order valence-corrected chi connectivity index (χ4v) is 2.00. The van der Waals surface area contributed by atoms with E-state index in [1.165, 1.54) is 15.6 Å². The lowest BCUT2D eigenvalue weighted by Gasteiger charge is -2.18. The molecule has 0 saturated carbocycles. The summed E-state index contributed by atoms with van der Waals surface area (Å²) in [5.41, 5.74) is 2.77. The molecule has 0 fully saturated rings. The Bertz CT molecular complexity index is 289. The number of nitrogens with one attached hydrogen (secondary N) is 2. The molecule has 0 aromatic rings. The molecule has 13 heavy (non-hydrogen) atoms. The van der Waals surface area contributed by atoms with E-state index in [1.54, 1.807) is 0 Å². The van der Waals surface area contributed by atoms with Crippen LogP contribution in [-0.2, 0) is 0 Å². The molecule has 0 radical (unpaired) electrons. The first-order valence-electron chi connectivity index (χ1n) is 4.56. The summed E-state index contributed by atoms with van der Waals surface area (Å²) in [6.45, 7) is 3.00. The topological polar surface area (TPSA) is 24.1 Å². The zero-order chi connectivity index (χ0) is 9.10. The van der Waals surface area contributed by atoms with Crippen molar-refractivity contribution in [2.45, 2.75) is 6.42 Å². The first kappa shape index (κ1) is 9.03. The number of dihydropyridines is 1. The molecule has 70 valence electrons. The van der Waals surface area contributed by atoms with Crippen molar-refractivity contribution in [2.24, 2.45) is 0 Å². The van der Waals surface area contributed by atoms with Gasteiger partial charge in [0.25, 0.3) is 0 Å². The van der Waals surface area contributed by atoms with Crippen molar-refractivity contribution in [1.82, 2.24) is 10.6 Å². The summed E-state index contributed by atoms with van der Waals surface area (Å²) in [4.78, 5) is 0. The van der Waals surface area contributed by atoms with Crippen LogP contribution in [0.2, 0.25) is 0 Å². The van der Waals surface area contributed by atoms with E-state index >= 15 is 0 Å². The number of allylic oxidation sites excluding steroid dienone is 2. The monoisotopic (exact) mass is 240 g/mol. The quantitative estimate of drug-likeness (QED) is 0.729. The molecule has 2 N–H and O–H groups in total. The second-order valence-electron chi connectivity index (χ2n) is 3.26. The molecule has 0 spiro atoms. The average molecular weight is 241 g/mol. The minimum absolute atomic E-state index is 0.912. The maximum atomic E-state index is 3.51. The molecule has 3 heteroatoms. The summed E-state index contributed by atoms with van der Waals surface area (Å²) in [7, 11) is 0. The van der Waals surface area contributed by atoms with Gasteiger partial charge in [0, 0.05) is 23.8 Å². The average Bonchev–Trinajstić information content (AvgIpc) is 2.19. The van der Waals surface area contributed by atoms with Crippen molar-refractivity contribution in [3.63, 3.8) is 0 Å². The second kappa shape index (κ2) is 4.11. The minimum Gasteiger partial charge on any atom is -0.386 e. The third-order valence-electron chi connectivity index (χ3n) is 2.28. The highest BCUT2D eigenvalue weighted by molar-refractivity contribution is 9.11. The number of rotatable bonds is 1. The van der Waals surface area contributed by atoms with Crippen LogP contribution < -0.4 is 10.6 Å². The molecular weight excluding hydrogens is 228 g/mol. The SMILES string of the molecule is BrC1=CC(C2=CCNCC2)=CNC1. The smallest absolute Gasteiger partial charge is 0.0461 e. The maximum Gasteiger partial charge on any atom is 0.0461 e. The molecule has 2 aliphatic heterocycles. The van der Waals surface area contributed by atoms with Gasteiger partial charge in [0.2, 0.25) is 0 Å². The van der Waals surface area contributed by atoms with Gasteiger partial charge in [0.15, 0.2) is 0 Å². The van der Waals surface area contributed by atoms with Gasteiger partial charge in [-0.05, 0) is 30.2 Å². The van der Waals surface area contributed by atoms with E-state index in [0.29, 0.717) is 0 Å². The third kappa shape index (κ3) is 2.23. The lowest BCUT2D eigenvalue weighted by molar-refractivity contribution is 0.707. The predicted octanol–water partition coefficient (Wildman–Crippen LogP) is 1.67. The molecule has 0 aliphatic carbocycles. The summed E-state index contributed by atoms with van der Waals surface area (Å²) in [5, 5.41) is 6.55. The number of hydrogen-bond acceptors (Lipinski definition) is 2. The Labute approximate surface area is 86.9 Å². The highest BCUT2D eigenvalue weighted by atomic mass is 79.9. The van der Waals surface area contributed by atoms with Crippen molar-refractivity contribution >= 4 is 15.9 Å². The van der Waals surface area contributed by atoms with Crippen LogP contribution in [-0.4, -0.2) is 19.6 Å². The van der Waals surface area contributed by atoms with Gasteiger partial charge in [-0.15, -0.1) is 0 Å². The van der Waals surface area contributed by atoms with Gasteiger partial charge in [0.1, 0.15) is 0 Å². The standard InChI is InChI=1S/C10H13BrN2/c11-10-5-9(6-13-7-10)8-1-3-12-4-2-8/h1,5-6,12-13H,2-4,7H2. The highest BCUT2D eigenvalue weighted by Gasteiger charge is 2.09. The largest absolute Gasteiger partial charge is 0.386 e. The van der Waals surface area contributed by atoms with Gasteiger partial charge < -0.3 is 10.6 Å². The first-order chi connectivity index (χ1) is 6.36. The molecular formula is C10H13BrN2. The Balaban J connectivity index is 2.16. The van der Waals surface area contributed by atoms with Crippen LogP contribution in [0.3, 0.4) is 0 Å². The van der Waals surface area contributed by atoms with E-state index in [-0.39, 0.29) is 0 Å². The summed E-state index contributed by atoms with van der Waals surface area (Å²) < 4.78 is 1.23. The molecule has 0 saturated heterocycles. The lowest BCUT2D eigenvalue weighted by atomic mass is 10.00. The van der Waals surface area contributed by atoms with Gasteiger partial charge in [-0.1, -0.05) is 22.0 Å². The van der Waals surface area contributed by atoms with Crippen LogP contribution in [0, 0.1) is 0 Å². The maximum absolute atomic E-state index is 3.51. The fourth-order valence-electron chi connectivity index (χ4n) is 1.59. The fraction of sp³-hybridized carbons (Fsp3) is 0.400. The zero-order valence-electron chi connectivity index (χ0n) is 7.44. The third-order valence-corrected chi connectivity index (χ3v) is 2.78. The van der Waals surface area contributed by atoms with Gasteiger partial charge in [0.05, 0.1) is 0 Å². The molecule has 0 amide bonds. The van der Waals surface area contributed by atoms with Crippen LogP contribution >= 0.6 is 15.9 Å². The predicted molar refractivity (Wildman–Crippen MR) is 58.7 cm³/mol. The molecule has 0 bridgehead atoms. The van der Waals surface area contributed by atoms with Gasteiger partial charge in [-0.25, -0.2) is 0 Å².